The summed E-state index contributed by atoms with van der Waals surface area (Å²) in [6.45, 7) is 0.528. The Kier molecular flexibility index (Phi) is 5.88. The van der Waals surface area contributed by atoms with Crippen molar-refractivity contribution in [2.45, 2.75) is 11.8 Å². The quantitative estimate of drug-likeness (QED) is 0.578. The number of rotatable bonds is 5. The van der Waals surface area contributed by atoms with E-state index in [1.807, 2.05) is 60.9 Å². The lowest BCUT2D eigenvalue weighted by molar-refractivity contribution is -0.686. The molecule has 2 aromatic rings. The standard InChI is InChI=1S/C18H16BrN3O2S/c19-14(15(23)20-10-9-13-7-3-1-4-8-13)17-21-16(24)18(25-17)22-11-5-2-6-12-22/h1-8,11-12,18H,9-10H2,(H-,20,21,23,24)/p+1. The second-order valence-electron chi connectivity index (χ2n) is 5.42. The molecule has 0 spiro atoms. The molecule has 1 aliphatic heterocycles. The van der Waals surface area contributed by atoms with Gasteiger partial charge in [-0.2, -0.15) is 4.57 Å². The Balaban J connectivity index is 1.60. The Morgan fingerprint density at radius 1 is 1.16 bits per heavy atom. The van der Waals surface area contributed by atoms with Crippen LogP contribution in [0, 0.1) is 0 Å². The van der Waals surface area contributed by atoms with Crippen LogP contribution >= 0.6 is 27.7 Å². The maximum Gasteiger partial charge on any atom is 0.305 e. The van der Waals surface area contributed by atoms with Crippen LogP contribution in [0.1, 0.15) is 10.9 Å². The summed E-state index contributed by atoms with van der Waals surface area (Å²) in [7, 11) is 0. The first kappa shape index (κ1) is 17.7. The first-order valence-corrected chi connectivity index (χ1v) is 9.47. The van der Waals surface area contributed by atoms with Crippen LogP contribution in [0.15, 0.2) is 70.4 Å². The molecule has 3 rings (SSSR count). The molecule has 25 heavy (non-hydrogen) atoms. The Morgan fingerprint density at radius 2 is 1.84 bits per heavy atom. The lowest BCUT2D eigenvalue weighted by atomic mass is 10.1. The molecule has 7 heteroatoms. The van der Waals surface area contributed by atoms with Gasteiger partial charge in [0.05, 0.1) is 0 Å². The molecule has 2 amide bonds. The lowest BCUT2D eigenvalue weighted by Gasteiger charge is -2.06. The molecule has 0 aliphatic carbocycles. The largest absolute Gasteiger partial charge is 0.351 e. The normalized spacial score (nSPS) is 18.6. The summed E-state index contributed by atoms with van der Waals surface area (Å²) in [4.78, 5) is 24.5. The average Bonchev–Trinajstić information content (AvgIpc) is 3.04. The third kappa shape index (κ3) is 4.49. The predicted molar refractivity (Wildman–Crippen MR) is 101 cm³/mol. The molecule has 128 valence electrons. The minimum Gasteiger partial charge on any atom is -0.351 e. The van der Waals surface area contributed by atoms with Crippen molar-refractivity contribution in [3.05, 3.63) is 76.0 Å². The minimum absolute atomic E-state index is 0.148. The van der Waals surface area contributed by atoms with Crippen molar-refractivity contribution in [3.8, 4) is 0 Å². The van der Waals surface area contributed by atoms with Crippen LogP contribution in [0.5, 0.6) is 0 Å². The number of amides is 2. The molecule has 0 saturated carbocycles. The van der Waals surface area contributed by atoms with Crippen LogP contribution < -0.4 is 15.2 Å². The SMILES string of the molecule is O=C(NCCc1ccccc1)C(Br)=C1NC(=O)C([n+]2ccccc2)S1. The molecule has 1 aromatic heterocycles. The molecule has 2 N–H and O–H groups in total. The Bertz CT molecular complexity index is 796. The number of halogens is 1. The van der Waals surface area contributed by atoms with Gasteiger partial charge in [-0.25, -0.2) is 0 Å². The van der Waals surface area contributed by atoms with E-state index < -0.39 is 5.37 Å². The fourth-order valence-corrected chi connectivity index (χ4v) is 3.91. The van der Waals surface area contributed by atoms with Gasteiger partial charge in [-0.05, 0) is 39.7 Å². The van der Waals surface area contributed by atoms with Gasteiger partial charge in [0.15, 0.2) is 12.4 Å². The molecule has 5 nitrogen and oxygen atoms in total. The number of carbonyl (C=O) groups is 2. The van der Waals surface area contributed by atoms with Crippen LogP contribution in [0.2, 0.25) is 0 Å². The highest BCUT2D eigenvalue weighted by molar-refractivity contribution is 9.12. The van der Waals surface area contributed by atoms with Crippen LogP contribution in [0.3, 0.4) is 0 Å². The van der Waals surface area contributed by atoms with Crippen molar-refractivity contribution in [2.75, 3.05) is 6.54 Å². The molecular formula is C18H17BrN3O2S+. The van der Waals surface area contributed by atoms with Gasteiger partial charge in [-0.1, -0.05) is 36.4 Å². The topological polar surface area (TPSA) is 62.1 Å². The highest BCUT2D eigenvalue weighted by Crippen LogP contribution is 2.35. The van der Waals surface area contributed by atoms with E-state index in [0.717, 1.165) is 12.0 Å². The molecular weight excluding hydrogens is 402 g/mol. The second kappa shape index (κ2) is 8.31. The summed E-state index contributed by atoms with van der Waals surface area (Å²) >= 11 is 4.62. The van der Waals surface area contributed by atoms with Gasteiger partial charge < -0.3 is 10.6 Å². The van der Waals surface area contributed by atoms with Crippen molar-refractivity contribution in [2.24, 2.45) is 0 Å². The maximum absolute atomic E-state index is 12.3. The monoisotopic (exact) mass is 418 g/mol. The van der Waals surface area contributed by atoms with E-state index >= 15 is 0 Å². The third-order valence-corrected chi connectivity index (χ3v) is 5.88. The lowest BCUT2D eigenvalue weighted by Crippen LogP contribution is -2.41. The molecule has 1 atom stereocenters. The van der Waals surface area contributed by atoms with Gasteiger partial charge in [0.2, 0.25) is 0 Å². The number of nitrogens with one attached hydrogen (secondary N) is 2. The number of benzene rings is 1. The highest BCUT2D eigenvalue weighted by atomic mass is 79.9. The average molecular weight is 419 g/mol. The van der Waals surface area contributed by atoms with Gasteiger partial charge in [0.25, 0.3) is 11.3 Å². The van der Waals surface area contributed by atoms with E-state index in [1.54, 1.807) is 4.57 Å². The van der Waals surface area contributed by atoms with E-state index in [1.165, 1.54) is 11.8 Å². The molecule has 1 aliphatic rings. The summed E-state index contributed by atoms with van der Waals surface area (Å²) in [6, 6.07) is 15.6. The minimum atomic E-state index is -0.416. The van der Waals surface area contributed by atoms with Crippen LogP contribution in [0.4, 0.5) is 0 Å². The van der Waals surface area contributed by atoms with Crippen molar-refractivity contribution in [3.63, 3.8) is 0 Å². The summed E-state index contributed by atoms with van der Waals surface area (Å²) in [5, 5.41) is 5.74. The summed E-state index contributed by atoms with van der Waals surface area (Å²) in [5.74, 6) is -0.386. The molecule has 0 radical (unpaired) electrons. The van der Waals surface area contributed by atoms with E-state index in [2.05, 4.69) is 26.6 Å². The zero-order chi connectivity index (χ0) is 17.6. The molecule has 0 bridgehead atoms. The van der Waals surface area contributed by atoms with Gasteiger partial charge in [-0.15, -0.1) is 0 Å². The number of hydrogen-bond donors (Lipinski definition) is 2. The summed E-state index contributed by atoms with van der Waals surface area (Å²) in [5.41, 5.74) is 1.16. The van der Waals surface area contributed by atoms with Gasteiger partial charge in [0, 0.05) is 18.7 Å². The van der Waals surface area contributed by atoms with Crippen LogP contribution in [-0.4, -0.2) is 18.4 Å². The Labute approximate surface area is 158 Å². The van der Waals surface area contributed by atoms with Crippen molar-refractivity contribution in [1.29, 1.82) is 0 Å². The predicted octanol–water partition coefficient (Wildman–Crippen LogP) is 2.26. The van der Waals surface area contributed by atoms with E-state index in [0.29, 0.717) is 16.1 Å². The zero-order valence-electron chi connectivity index (χ0n) is 13.3. The molecule has 1 fully saturated rings. The van der Waals surface area contributed by atoms with Crippen LogP contribution in [-0.2, 0) is 16.0 Å². The van der Waals surface area contributed by atoms with Gasteiger partial charge >= 0.3 is 5.91 Å². The summed E-state index contributed by atoms with van der Waals surface area (Å²) < 4.78 is 2.15. The van der Waals surface area contributed by atoms with E-state index in [4.69, 9.17) is 0 Å². The van der Waals surface area contributed by atoms with Crippen LogP contribution in [0.25, 0.3) is 0 Å². The van der Waals surface area contributed by atoms with Gasteiger partial charge in [-0.3, -0.25) is 9.59 Å². The smallest absolute Gasteiger partial charge is 0.305 e. The first-order chi connectivity index (χ1) is 12.1. The Morgan fingerprint density at radius 3 is 2.56 bits per heavy atom. The molecule has 1 saturated heterocycles. The van der Waals surface area contributed by atoms with Crippen molar-refractivity contribution < 1.29 is 14.2 Å². The number of thioether (sulfide) groups is 1. The number of nitrogens with zero attached hydrogens (tertiary/aromatic N) is 1. The maximum atomic E-state index is 12.3. The van der Waals surface area contributed by atoms with Gasteiger partial charge in [0.1, 0.15) is 9.51 Å². The summed E-state index contributed by atoms with van der Waals surface area (Å²) in [6.07, 6.45) is 4.41. The zero-order valence-corrected chi connectivity index (χ0v) is 15.7. The van der Waals surface area contributed by atoms with Crippen molar-refractivity contribution in [1.82, 2.24) is 10.6 Å². The van der Waals surface area contributed by atoms with E-state index in [9.17, 15) is 9.59 Å². The van der Waals surface area contributed by atoms with E-state index in [-0.39, 0.29) is 11.8 Å². The molecule has 1 aromatic carbocycles. The highest BCUT2D eigenvalue weighted by Gasteiger charge is 2.38. The Hall–Kier alpha value is -2.12. The molecule has 1 unspecified atom stereocenters. The number of carbonyl (C=O) groups excluding carboxylic acids is 2. The fraction of sp³-hybridized carbons (Fsp3) is 0.167. The second-order valence-corrected chi connectivity index (χ2v) is 7.30. The number of aromatic nitrogens is 1. The number of pyridine rings is 1. The first-order valence-electron chi connectivity index (χ1n) is 7.80. The van der Waals surface area contributed by atoms with Crippen molar-refractivity contribution >= 4 is 39.5 Å². The number of hydrogen-bond acceptors (Lipinski definition) is 3. The fourth-order valence-electron chi connectivity index (χ4n) is 2.39. The third-order valence-electron chi connectivity index (χ3n) is 3.64. The molecule has 2 heterocycles.